The van der Waals surface area contributed by atoms with E-state index in [0.29, 0.717) is 5.69 Å². The van der Waals surface area contributed by atoms with Gasteiger partial charge in [-0.25, -0.2) is 0 Å². The quantitative estimate of drug-likeness (QED) is 0.919. The van der Waals surface area contributed by atoms with Crippen LogP contribution in [0.25, 0.3) is 0 Å². The first-order chi connectivity index (χ1) is 8.56. The van der Waals surface area contributed by atoms with Crippen molar-refractivity contribution in [3.05, 3.63) is 51.2 Å². The lowest BCUT2D eigenvalue weighted by molar-refractivity contribution is 0.102. The van der Waals surface area contributed by atoms with Gasteiger partial charge in [-0.2, -0.15) is 0 Å². The molecule has 2 rings (SSSR count). The lowest BCUT2D eigenvalue weighted by Gasteiger charge is -2.07. The van der Waals surface area contributed by atoms with Gasteiger partial charge in [0, 0.05) is 4.47 Å². The summed E-state index contributed by atoms with van der Waals surface area (Å²) < 4.78 is 0.817. The number of nitrogens with one attached hydrogen (secondary N) is 1. The number of anilines is 1. The molecular weight excluding hydrogens is 318 g/mol. The highest BCUT2D eigenvalue weighted by molar-refractivity contribution is 9.10. The molecule has 0 fully saturated rings. The molecule has 6 heteroatoms. The van der Waals surface area contributed by atoms with Crippen LogP contribution in [0.5, 0.6) is 0 Å². The third kappa shape index (κ3) is 3.05. The van der Waals surface area contributed by atoms with Gasteiger partial charge in [-0.3, -0.25) is 4.79 Å². The van der Waals surface area contributed by atoms with Crippen molar-refractivity contribution in [1.82, 2.24) is 10.2 Å². The van der Waals surface area contributed by atoms with E-state index >= 15 is 0 Å². The average molecular weight is 327 g/mol. The lowest BCUT2D eigenvalue weighted by atomic mass is 10.2. The SMILES string of the molecule is Cc1ccc(NC(=O)c2ccc(Cl)nn2)c(Br)c1. The number of carbonyl (C=O) groups is 1. The van der Waals surface area contributed by atoms with Crippen LogP contribution in [0.15, 0.2) is 34.8 Å². The van der Waals surface area contributed by atoms with Gasteiger partial charge >= 0.3 is 0 Å². The second-order valence-corrected chi connectivity index (χ2v) is 4.92. The summed E-state index contributed by atoms with van der Waals surface area (Å²) in [6, 6.07) is 8.69. The smallest absolute Gasteiger partial charge is 0.276 e. The summed E-state index contributed by atoms with van der Waals surface area (Å²) in [5, 5.41) is 10.3. The second kappa shape index (κ2) is 5.46. The van der Waals surface area contributed by atoms with E-state index in [-0.39, 0.29) is 16.8 Å². The van der Waals surface area contributed by atoms with Gasteiger partial charge in [0.05, 0.1) is 5.69 Å². The van der Waals surface area contributed by atoms with E-state index in [4.69, 9.17) is 11.6 Å². The molecule has 2 aromatic rings. The Morgan fingerprint density at radius 2 is 2.06 bits per heavy atom. The number of rotatable bonds is 2. The topological polar surface area (TPSA) is 54.9 Å². The Morgan fingerprint density at radius 1 is 1.28 bits per heavy atom. The minimum atomic E-state index is -0.330. The molecule has 18 heavy (non-hydrogen) atoms. The van der Waals surface area contributed by atoms with Crippen molar-refractivity contribution >= 4 is 39.1 Å². The van der Waals surface area contributed by atoms with Gasteiger partial charge in [0.1, 0.15) is 0 Å². The van der Waals surface area contributed by atoms with Crippen LogP contribution in [-0.4, -0.2) is 16.1 Å². The molecule has 0 atom stereocenters. The summed E-state index contributed by atoms with van der Waals surface area (Å²) in [7, 11) is 0. The molecule has 0 aliphatic carbocycles. The van der Waals surface area contributed by atoms with Crippen LogP contribution in [0.3, 0.4) is 0 Å². The summed E-state index contributed by atoms with van der Waals surface area (Å²) in [4.78, 5) is 11.9. The Balaban J connectivity index is 2.18. The molecule has 0 radical (unpaired) electrons. The van der Waals surface area contributed by atoms with Crippen molar-refractivity contribution in [2.75, 3.05) is 5.32 Å². The molecule has 0 aliphatic rings. The van der Waals surface area contributed by atoms with E-state index in [0.717, 1.165) is 10.0 Å². The number of benzene rings is 1. The number of hydrogen-bond acceptors (Lipinski definition) is 3. The van der Waals surface area contributed by atoms with E-state index in [2.05, 4.69) is 31.4 Å². The predicted molar refractivity (Wildman–Crippen MR) is 73.9 cm³/mol. The first-order valence-corrected chi connectivity index (χ1v) is 6.30. The molecule has 0 bridgehead atoms. The van der Waals surface area contributed by atoms with Crippen molar-refractivity contribution in [2.45, 2.75) is 6.92 Å². The molecule has 1 aromatic heterocycles. The highest BCUT2D eigenvalue weighted by atomic mass is 79.9. The Bertz CT molecular complexity index is 586. The zero-order valence-corrected chi connectivity index (χ0v) is 11.8. The van der Waals surface area contributed by atoms with E-state index in [1.54, 1.807) is 0 Å². The maximum absolute atomic E-state index is 11.9. The molecule has 0 saturated carbocycles. The Hall–Kier alpha value is -1.46. The van der Waals surface area contributed by atoms with Gasteiger partial charge in [-0.1, -0.05) is 17.7 Å². The number of carbonyl (C=O) groups excluding carboxylic acids is 1. The zero-order chi connectivity index (χ0) is 13.1. The fourth-order valence-electron chi connectivity index (χ4n) is 1.34. The van der Waals surface area contributed by atoms with Crippen molar-refractivity contribution in [3.8, 4) is 0 Å². The summed E-state index contributed by atoms with van der Waals surface area (Å²) in [5.74, 6) is -0.330. The molecule has 1 aromatic carbocycles. The van der Waals surface area contributed by atoms with Crippen molar-refractivity contribution in [1.29, 1.82) is 0 Å². The third-order valence-corrected chi connectivity index (χ3v) is 3.10. The van der Waals surface area contributed by atoms with Crippen molar-refractivity contribution < 1.29 is 4.79 Å². The van der Waals surface area contributed by atoms with Crippen LogP contribution < -0.4 is 5.32 Å². The predicted octanol–water partition coefficient (Wildman–Crippen LogP) is 3.45. The van der Waals surface area contributed by atoms with Gasteiger partial charge < -0.3 is 5.32 Å². The monoisotopic (exact) mass is 325 g/mol. The molecular formula is C12H9BrClN3O. The summed E-state index contributed by atoms with van der Waals surface area (Å²) >= 11 is 8.99. The summed E-state index contributed by atoms with van der Waals surface area (Å²) in [6.07, 6.45) is 0. The second-order valence-electron chi connectivity index (χ2n) is 3.68. The number of aryl methyl sites for hydroxylation is 1. The van der Waals surface area contributed by atoms with Gasteiger partial charge in [-0.05, 0) is 52.7 Å². The number of aromatic nitrogens is 2. The molecule has 1 amide bonds. The third-order valence-electron chi connectivity index (χ3n) is 2.24. The maximum atomic E-state index is 11.9. The van der Waals surface area contributed by atoms with Crippen LogP contribution in [-0.2, 0) is 0 Å². The van der Waals surface area contributed by atoms with E-state index in [9.17, 15) is 4.79 Å². The van der Waals surface area contributed by atoms with E-state index in [1.807, 2.05) is 25.1 Å². The molecule has 92 valence electrons. The fraction of sp³-hybridized carbons (Fsp3) is 0.0833. The van der Waals surface area contributed by atoms with Gasteiger partial charge in [0.15, 0.2) is 10.8 Å². The van der Waals surface area contributed by atoms with Crippen molar-refractivity contribution in [2.24, 2.45) is 0 Å². The number of nitrogens with zero attached hydrogens (tertiary/aromatic N) is 2. The van der Waals surface area contributed by atoms with Crippen molar-refractivity contribution in [3.63, 3.8) is 0 Å². The largest absolute Gasteiger partial charge is 0.320 e. The van der Waals surface area contributed by atoms with Crippen LogP contribution in [0.4, 0.5) is 5.69 Å². The minimum Gasteiger partial charge on any atom is -0.320 e. The lowest BCUT2D eigenvalue weighted by Crippen LogP contribution is -2.14. The molecule has 0 spiro atoms. The van der Waals surface area contributed by atoms with E-state index in [1.165, 1.54) is 12.1 Å². The molecule has 1 heterocycles. The molecule has 0 unspecified atom stereocenters. The van der Waals surface area contributed by atoms with Crippen LogP contribution >= 0.6 is 27.5 Å². The standard InChI is InChI=1S/C12H9BrClN3O/c1-7-2-3-9(8(13)6-7)15-12(18)10-4-5-11(14)17-16-10/h2-6H,1H3,(H,15,18). The van der Waals surface area contributed by atoms with Crippen LogP contribution in [0, 0.1) is 6.92 Å². The van der Waals surface area contributed by atoms with E-state index < -0.39 is 0 Å². The Morgan fingerprint density at radius 3 is 2.67 bits per heavy atom. The normalized spacial score (nSPS) is 10.2. The number of halogens is 2. The van der Waals surface area contributed by atoms with Crippen LogP contribution in [0.1, 0.15) is 16.1 Å². The molecule has 0 saturated heterocycles. The number of amides is 1. The summed E-state index contributed by atoms with van der Waals surface area (Å²) in [6.45, 7) is 1.97. The Labute approximate surface area is 118 Å². The summed E-state index contributed by atoms with van der Waals surface area (Å²) in [5.41, 5.74) is 2.00. The molecule has 1 N–H and O–H groups in total. The van der Waals surface area contributed by atoms with Gasteiger partial charge in [-0.15, -0.1) is 10.2 Å². The fourth-order valence-corrected chi connectivity index (χ4v) is 2.04. The average Bonchev–Trinajstić information content (AvgIpc) is 2.33. The molecule has 4 nitrogen and oxygen atoms in total. The zero-order valence-electron chi connectivity index (χ0n) is 9.45. The molecule has 0 aliphatic heterocycles. The maximum Gasteiger partial charge on any atom is 0.276 e. The van der Waals surface area contributed by atoms with Gasteiger partial charge in [0.2, 0.25) is 0 Å². The van der Waals surface area contributed by atoms with Crippen LogP contribution in [0.2, 0.25) is 5.15 Å². The first kappa shape index (κ1) is 13.0. The highest BCUT2D eigenvalue weighted by Gasteiger charge is 2.10. The minimum absolute atomic E-state index is 0.215. The first-order valence-electron chi connectivity index (χ1n) is 5.13. The Kier molecular flexibility index (Phi) is 3.93. The highest BCUT2D eigenvalue weighted by Crippen LogP contribution is 2.23. The number of hydrogen-bond donors (Lipinski definition) is 1. The van der Waals surface area contributed by atoms with Gasteiger partial charge in [0.25, 0.3) is 5.91 Å².